The topological polar surface area (TPSA) is 54.1 Å². The molecule has 46 heavy (non-hydrogen) atoms. The van der Waals surface area contributed by atoms with Crippen LogP contribution in [-0.4, -0.2) is 26.4 Å². The first-order valence-corrected chi connectivity index (χ1v) is 15.9. The van der Waals surface area contributed by atoms with Crippen LogP contribution in [0.2, 0.25) is 0 Å². The van der Waals surface area contributed by atoms with Gasteiger partial charge in [-0.2, -0.15) is 5.10 Å². The number of rotatable bonds is 9. The monoisotopic (exact) mass is 606 g/mol. The van der Waals surface area contributed by atoms with Gasteiger partial charge in [0.2, 0.25) is 0 Å². The van der Waals surface area contributed by atoms with Crippen molar-refractivity contribution >= 4 is 21.8 Å². The van der Waals surface area contributed by atoms with E-state index in [-0.39, 0.29) is 0 Å². The maximum atomic E-state index is 6.69. The molecule has 4 aromatic carbocycles. The fraction of sp³-hybridized carbons (Fsp3) is 0.200. The summed E-state index contributed by atoms with van der Waals surface area (Å²) >= 11 is 0. The van der Waals surface area contributed by atoms with Crippen molar-refractivity contribution in [1.29, 1.82) is 0 Å². The number of pyridine rings is 1. The molecule has 0 saturated carbocycles. The quantitative estimate of drug-likeness (QED) is 0.164. The van der Waals surface area contributed by atoms with Crippen LogP contribution in [0.4, 0.5) is 0 Å². The van der Waals surface area contributed by atoms with Crippen LogP contribution < -0.4 is 9.47 Å². The zero-order valence-electron chi connectivity index (χ0n) is 27.0. The summed E-state index contributed by atoms with van der Waals surface area (Å²) in [6.45, 7) is 8.53. The SMILES string of the molecule is CCCCc1cc(Oc2ccc3c4cc(OC)ccc4n(-c4cc(C)ccn4)c3c2)cc(-n2nc(C)c(-c3ccccc3)c2C)c1. The van der Waals surface area contributed by atoms with Gasteiger partial charge in [-0.05, 0) is 105 Å². The minimum absolute atomic E-state index is 0.758. The van der Waals surface area contributed by atoms with Gasteiger partial charge in [-0.3, -0.25) is 4.57 Å². The summed E-state index contributed by atoms with van der Waals surface area (Å²) in [4.78, 5) is 4.74. The van der Waals surface area contributed by atoms with Crippen molar-refractivity contribution in [2.75, 3.05) is 7.11 Å². The molecule has 0 aliphatic carbocycles. The van der Waals surface area contributed by atoms with Gasteiger partial charge in [0.05, 0.1) is 29.5 Å². The number of benzene rings is 4. The molecule has 0 atom stereocenters. The highest BCUT2D eigenvalue weighted by Gasteiger charge is 2.18. The lowest BCUT2D eigenvalue weighted by atomic mass is 10.0. The van der Waals surface area contributed by atoms with E-state index >= 15 is 0 Å². The molecule has 3 aromatic heterocycles. The highest BCUT2D eigenvalue weighted by atomic mass is 16.5. The van der Waals surface area contributed by atoms with Crippen LogP contribution >= 0.6 is 0 Å². The molecular weight excluding hydrogens is 568 g/mol. The van der Waals surface area contributed by atoms with E-state index in [2.05, 4.69) is 110 Å². The average Bonchev–Trinajstić information content (AvgIpc) is 3.56. The van der Waals surface area contributed by atoms with E-state index in [0.29, 0.717) is 0 Å². The van der Waals surface area contributed by atoms with Crippen LogP contribution in [0.3, 0.4) is 0 Å². The fourth-order valence-corrected chi connectivity index (χ4v) is 6.46. The van der Waals surface area contributed by atoms with Gasteiger partial charge in [0, 0.05) is 40.4 Å². The maximum Gasteiger partial charge on any atom is 0.137 e. The normalized spacial score (nSPS) is 11.4. The smallest absolute Gasteiger partial charge is 0.137 e. The standard InChI is InChI=1S/C40H38N4O2/c1-6-7-11-29-21-31(44-28(4)40(27(3)42-44)30-12-9-8-10-13-30)23-34(22-29)46-33-14-16-35-36-24-32(45-5)15-17-37(36)43(38(35)25-33)39-20-26(2)18-19-41-39/h8-10,12-25H,6-7,11H2,1-5H3. The summed E-state index contributed by atoms with van der Waals surface area (Å²) < 4.78 is 16.5. The van der Waals surface area contributed by atoms with Crippen molar-refractivity contribution in [2.45, 2.75) is 47.0 Å². The van der Waals surface area contributed by atoms with Crippen LogP contribution in [0.1, 0.15) is 42.3 Å². The summed E-state index contributed by atoms with van der Waals surface area (Å²) in [6, 6.07) is 33.6. The third-order valence-electron chi connectivity index (χ3n) is 8.68. The zero-order valence-corrected chi connectivity index (χ0v) is 27.0. The predicted octanol–water partition coefficient (Wildman–Crippen LogP) is 10.1. The van der Waals surface area contributed by atoms with Gasteiger partial charge in [-0.25, -0.2) is 9.67 Å². The number of methoxy groups -OCH3 is 1. The Morgan fingerprint density at radius 1 is 0.739 bits per heavy atom. The van der Waals surface area contributed by atoms with Crippen molar-refractivity contribution in [3.8, 4) is 39.9 Å². The lowest BCUT2D eigenvalue weighted by Gasteiger charge is -2.13. The largest absolute Gasteiger partial charge is 0.497 e. The lowest BCUT2D eigenvalue weighted by Crippen LogP contribution is -2.02. The Labute approximate surface area is 269 Å². The third-order valence-corrected chi connectivity index (χ3v) is 8.68. The van der Waals surface area contributed by atoms with Crippen LogP contribution in [0, 0.1) is 20.8 Å². The van der Waals surface area contributed by atoms with Crippen molar-refractivity contribution in [2.24, 2.45) is 0 Å². The number of unbranched alkanes of at least 4 members (excludes halogenated alkanes) is 1. The number of aromatic nitrogens is 4. The second kappa shape index (κ2) is 12.2. The molecule has 0 fully saturated rings. The van der Waals surface area contributed by atoms with Crippen molar-refractivity contribution in [3.05, 3.63) is 126 Å². The van der Waals surface area contributed by atoms with E-state index in [1.165, 1.54) is 16.7 Å². The molecule has 0 aliphatic heterocycles. The molecule has 7 rings (SSSR count). The van der Waals surface area contributed by atoms with Gasteiger partial charge in [0.25, 0.3) is 0 Å². The van der Waals surface area contributed by atoms with Crippen LogP contribution in [-0.2, 0) is 6.42 Å². The second-order valence-corrected chi connectivity index (χ2v) is 12.0. The maximum absolute atomic E-state index is 6.69. The van der Waals surface area contributed by atoms with Gasteiger partial charge in [0.15, 0.2) is 0 Å². The van der Waals surface area contributed by atoms with Gasteiger partial charge in [-0.15, -0.1) is 0 Å². The number of aryl methyl sites for hydroxylation is 3. The van der Waals surface area contributed by atoms with Gasteiger partial charge in [-0.1, -0.05) is 43.7 Å². The van der Waals surface area contributed by atoms with Gasteiger partial charge >= 0.3 is 0 Å². The Balaban J connectivity index is 1.34. The minimum atomic E-state index is 0.758. The fourth-order valence-electron chi connectivity index (χ4n) is 6.46. The van der Waals surface area contributed by atoms with Crippen molar-refractivity contribution < 1.29 is 9.47 Å². The zero-order chi connectivity index (χ0) is 31.8. The molecule has 3 heterocycles. The molecule has 0 amide bonds. The number of hydrogen-bond acceptors (Lipinski definition) is 4. The summed E-state index contributed by atoms with van der Waals surface area (Å²) in [7, 11) is 1.70. The van der Waals surface area contributed by atoms with Gasteiger partial charge < -0.3 is 9.47 Å². The highest BCUT2D eigenvalue weighted by Crippen LogP contribution is 2.37. The molecule has 0 N–H and O–H groups in total. The van der Waals surface area contributed by atoms with Crippen LogP contribution in [0.15, 0.2) is 103 Å². The first kappa shape index (κ1) is 29.4. The average molecular weight is 607 g/mol. The van der Waals surface area contributed by atoms with E-state index in [4.69, 9.17) is 19.6 Å². The van der Waals surface area contributed by atoms with E-state index in [0.717, 1.165) is 86.8 Å². The van der Waals surface area contributed by atoms with E-state index in [9.17, 15) is 0 Å². The van der Waals surface area contributed by atoms with Gasteiger partial charge in [0.1, 0.15) is 23.1 Å². The summed E-state index contributed by atoms with van der Waals surface area (Å²) in [6.07, 6.45) is 5.06. The molecule has 0 radical (unpaired) electrons. The molecule has 6 heteroatoms. The minimum Gasteiger partial charge on any atom is -0.497 e. The summed E-state index contributed by atoms with van der Waals surface area (Å²) in [5, 5.41) is 7.21. The second-order valence-electron chi connectivity index (χ2n) is 12.0. The number of nitrogens with zero attached hydrogens (tertiary/aromatic N) is 4. The van der Waals surface area contributed by atoms with Crippen LogP contribution in [0.5, 0.6) is 17.2 Å². The molecule has 0 unspecified atom stereocenters. The van der Waals surface area contributed by atoms with E-state index in [1.54, 1.807) is 7.11 Å². The third kappa shape index (κ3) is 5.40. The Bertz CT molecular complexity index is 2190. The predicted molar refractivity (Wildman–Crippen MR) is 187 cm³/mol. The Morgan fingerprint density at radius 3 is 2.35 bits per heavy atom. The first-order valence-electron chi connectivity index (χ1n) is 15.9. The number of fused-ring (bicyclic) bond motifs is 3. The number of ether oxygens (including phenoxy) is 2. The lowest BCUT2D eigenvalue weighted by molar-refractivity contribution is 0.415. The van der Waals surface area contributed by atoms with Crippen molar-refractivity contribution in [1.82, 2.24) is 19.3 Å². The molecule has 6 nitrogen and oxygen atoms in total. The molecule has 7 aromatic rings. The molecule has 0 saturated heterocycles. The van der Waals surface area contributed by atoms with E-state index in [1.807, 2.05) is 30.5 Å². The Kier molecular flexibility index (Phi) is 7.79. The Hall–Kier alpha value is -5.36. The highest BCUT2D eigenvalue weighted by molar-refractivity contribution is 6.10. The summed E-state index contributed by atoms with van der Waals surface area (Å²) in [5.74, 6) is 3.23. The van der Waals surface area contributed by atoms with Crippen LogP contribution in [0.25, 0.3) is 44.4 Å². The molecule has 0 aliphatic rings. The molecule has 230 valence electrons. The molecule has 0 bridgehead atoms. The Morgan fingerprint density at radius 2 is 1.57 bits per heavy atom. The summed E-state index contributed by atoms with van der Waals surface area (Å²) in [5.41, 5.74) is 9.91. The number of hydrogen-bond donors (Lipinski definition) is 0. The van der Waals surface area contributed by atoms with Crippen molar-refractivity contribution in [3.63, 3.8) is 0 Å². The first-order chi connectivity index (χ1) is 22.4. The molecular formula is C40H38N4O2. The molecule has 0 spiro atoms. The van der Waals surface area contributed by atoms with E-state index < -0.39 is 0 Å².